The van der Waals surface area contributed by atoms with Crippen LogP contribution in [0, 0.1) is 5.92 Å². The third-order valence-corrected chi connectivity index (χ3v) is 5.58. The molecule has 0 saturated carbocycles. The summed E-state index contributed by atoms with van der Waals surface area (Å²) in [6.07, 6.45) is 2.84. The number of carbonyl (C=O) groups excluding carboxylic acids is 2. The molecule has 1 unspecified atom stereocenters. The van der Waals surface area contributed by atoms with E-state index < -0.39 is 5.60 Å². The first-order valence-electron chi connectivity index (χ1n) is 8.32. The van der Waals surface area contributed by atoms with Crippen molar-refractivity contribution >= 4 is 23.2 Å². The molecule has 0 bridgehead atoms. The van der Waals surface area contributed by atoms with E-state index in [1.54, 1.807) is 4.90 Å². The fourth-order valence-corrected chi connectivity index (χ4v) is 3.52. The molecule has 1 aromatic rings. The fraction of sp³-hybridized carbons (Fsp3) is 0.647. The fourth-order valence-electron chi connectivity index (χ4n) is 2.83. The summed E-state index contributed by atoms with van der Waals surface area (Å²) in [4.78, 5) is 27.3. The van der Waals surface area contributed by atoms with Crippen LogP contribution in [0.3, 0.4) is 0 Å². The maximum atomic E-state index is 12.4. The lowest BCUT2D eigenvalue weighted by atomic mass is 9.94. The van der Waals surface area contributed by atoms with E-state index in [1.165, 1.54) is 11.3 Å². The lowest BCUT2D eigenvalue weighted by molar-refractivity contribution is -0.127. The first-order valence-corrected chi connectivity index (χ1v) is 9.20. The van der Waals surface area contributed by atoms with Crippen LogP contribution in [0.1, 0.15) is 49.2 Å². The first kappa shape index (κ1) is 17.9. The van der Waals surface area contributed by atoms with Gasteiger partial charge < -0.3 is 15.3 Å². The zero-order valence-corrected chi connectivity index (χ0v) is 14.7. The van der Waals surface area contributed by atoms with E-state index in [4.69, 9.17) is 0 Å². The molecule has 1 atom stereocenters. The van der Waals surface area contributed by atoms with Gasteiger partial charge in [0, 0.05) is 19.6 Å². The van der Waals surface area contributed by atoms with Gasteiger partial charge >= 0.3 is 0 Å². The van der Waals surface area contributed by atoms with Crippen molar-refractivity contribution in [1.82, 2.24) is 10.2 Å². The summed E-state index contributed by atoms with van der Waals surface area (Å²) < 4.78 is 0. The van der Waals surface area contributed by atoms with Crippen molar-refractivity contribution in [1.29, 1.82) is 0 Å². The Hall–Kier alpha value is -1.40. The zero-order chi connectivity index (χ0) is 16.9. The van der Waals surface area contributed by atoms with Crippen LogP contribution in [0.5, 0.6) is 0 Å². The maximum absolute atomic E-state index is 12.4. The number of nitrogens with one attached hydrogen (secondary N) is 1. The number of aliphatic hydroxyl groups is 1. The number of nitrogens with zero attached hydrogens (tertiary/aromatic N) is 1. The van der Waals surface area contributed by atoms with Gasteiger partial charge in [-0.2, -0.15) is 0 Å². The number of hydrogen-bond donors (Lipinski definition) is 2. The quantitative estimate of drug-likeness (QED) is 0.836. The van der Waals surface area contributed by atoms with Gasteiger partial charge in [0.25, 0.3) is 5.91 Å². The largest absolute Gasteiger partial charge is 0.388 e. The molecular weight excluding hydrogens is 312 g/mol. The monoisotopic (exact) mass is 338 g/mol. The minimum Gasteiger partial charge on any atom is -0.388 e. The third-order valence-electron chi connectivity index (χ3n) is 4.72. The number of thiophene rings is 1. The summed E-state index contributed by atoms with van der Waals surface area (Å²) in [5.41, 5.74) is -0.837. The van der Waals surface area contributed by atoms with Crippen LogP contribution in [0.2, 0.25) is 0 Å². The number of amides is 2. The predicted octanol–water partition coefficient (Wildman–Crippen LogP) is 2.27. The minimum absolute atomic E-state index is 0.0103. The second kappa shape index (κ2) is 7.93. The lowest BCUT2D eigenvalue weighted by Crippen LogP contribution is -2.48. The Morgan fingerprint density at radius 3 is 2.78 bits per heavy atom. The summed E-state index contributed by atoms with van der Waals surface area (Å²) in [5.74, 6) is -0.240. The Bertz CT molecular complexity index is 526. The van der Waals surface area contributed by atoms with Crippen LogP contribution < -0.4 is 5.32 Å². The molecule has 1 saturated heterocycles. The normalized spacial score (nSPS) is 18.7. The summed E-state index contributed by atoms with van der Waals surface area (Å²) in [6.45, 7) is 5.26. The van der Waals surface area contributed by atoms with Gasteiger partial charge in [-0.05, 0) is 37.1 Å². The Labute approximate surface area is 141 Å². The smallest absolute Gasteiger partial charge is 0.263 e. The van der Waals surface area contributed by atoms with E-state index in [0.29, 0.717) is 25.9 Å². The molecule has 128 valence electrons. The SMILES string of the molecule is CCC(O)(CC)CNC(=O)C1CCCN(C(=O)c2cccs2)C1. The van der Waals surface area contributed by atoms with Gasteiger partial charge in [0.05, 0.1) is 16.4 Å². The van der Waals surface area contributed by atoms with Gasteiger partial charge in [-0.3, -0.25) is 9.59 Å². The molecule has 1 aliphatic rings. The molecular formula is C17H26N2O3S. The summed E-state index contributed by atoms with van der Waals surface area (Å²) in [6, 6.07) is 3.68. The highest BCUT2D eigenvalue weighted by molar-refractivity contribution is 7.12. The van der Waals surface area contributed by atoms with Crippen molar-refractivity contribution in [3.05, 3.63) is 22.4 Å². The molecule has 0 aromatic carbocycles. The van der Waals surface area contributed by atoms with Crippen LogP contribution in [-0.2, 0) is 4.79 Å². The standard InChI is InChI=1S/C17H26N2O3S/c1-3-17(22,4-2)12-18-15(20)13-7-5-9-19(11-13)16(21)14-8-6-10-23-14/h6,8,10,13,22H,3-5,7,9,11-12H2,1-2H3,(H,18,20). The molecule has 5 nitrogen and oxygen atoms in total. The molecule has 0 radical (unpaired) electrons. The summed E-state index contributed by atoms with van der Waals surface area (Å²) in [7, 11) is 0. The number of likely N-dealkylation sites (tertiary alicyclic amines) is 1. The van der Waals surface area contributed by atoms with Crippen molar-refractivity contribution in [2.24, 2.45) is 5.92 Å². The van der Waals surface area contributed by atoms with E-state index in [0.717, 1.165) is 17.7 Å². The maximum Gasteiger partial charge on any atom is 0.263 e. The molecule has 1 fully saturated rings. The number of carbonyl (C=O) groups is 2. The second-order valence-electron chi connectivity index (χ2n) is 6.22. The van der Waals surface area contributed by atoms with E-state index in [-0.39, 0.29) is 24.3 Å². The molecule has 2 N–H and O–H groups in total. The second-order valence-corrected chi connectivity index (χ2v) is 7.16. The van der Waals surface area contributed by atoms with E-state index in [2.05, 4.69) is 5.32 Å². The van der Waals surface area contributed by atoms with Crippen molar-refractivity contribution in [3.8, 4) is 0 Å². The van der Waals surface area contributed by atoms with Crippen LogP contribution in [0.25, 0.3) is 0 Å². The molecule has 0 spiro atoms. The Morgan fingerprint density at radius 1 is 1.43 bits per heavy atom. The Balaban J connectivity index is 1.90. The van der Waals surface area contributed by atoms with Crippen molar-refractivity contribution in [2.75, 3.05) is 19.6 Å². The third kappa shape index (κ3) is 4.54. The topological polar surface area (TPSA) is 69.6 Å². The van der Waals surface area contributed by atoms with Gasteiger partial charge in [0.2, 0.25) is 5.91 Å². The number of hydrogen-bond acceptors (Lipinski definition) is 4. The highest BCUT2D eigenvalue weighted by Crippen LogP contribution is 2.21. The minimum atomic E-state index is -0.837. The van der Waals surface area contributed by atoms with Gasteiger partial charge in [-0.25, -0.2) is 0 Å². The summed E-state index contributed by atoms with van der Waals surface area (Å²) >= 11 is 1.43. The predicted molar refractivity (Wildman–Crippen MR) is 91.5 cm³/mol. The van der Waals surface area contributed by atoms with Crippen LogP contribution >= 0.6 is 11.3 Å². The highest BCUT2D eigenvalue weighted by atomic mass is 32.1. The molecule has 2 rings (SSSR count). The van der Waals surface area contributed by atoms with E-state index in [9.17, 15) is 14.7 Å². The highest BCUT2D eigenvalue weighted by Gasteiger charge is 2.30. The molecule has 1 aliphatic heterocycles. The molecule has 23 heavy (non-hydrogen) atoms. The average molecular weight is 338 g/mol. The zero-order valence-electron chi connectivity index (χ0n) is 13.9. The van der Waals surface area contributed by atoms with Gasteiger partial charge in [-0.15, -0.1) is 11.3 Å². The van der Waals surface area contributed by atoms with Gasteiger partial charge in [-0.1, -0.05) is 19.9 Å². The van der Waals surface area contributed by atoms with Crippen LogP contribution in [0.15, 0.2) is 17.5 Å². The first-order chi connectivity index (χ1) is 11.0. The molecule has 0 aliphatic carbocycles. The number of rotatable bonds is 6. The van der Waals surface area contributed by atoms with Crippen LogP contribution in [0.4, 0.5) is 0 Å². The van der Waals surface area contributed by atoms with E-state index >= 15 is 0 Å². The van der Waals surface area contributed by atoms with Crippen molar-refractivity contribution in [3.63, 3.8) is 0 Å². The molecule has 2 heterocycles. The molecule has 2 amide bonds. The van der Waals surface area contributed by atoms with Crippen molar-refractivity contribution < 1.29 is 14.7 Å². The summed E-state index contributed by atoms with van der Waals surface area (Å²) in [5, 5.41) is 15.0. The molecule has 6 heteroatoms. The van der Waals surface area contributed by atoms with Gasteiger partial charge in [0.15, 0.2) is 0 Å². The number of piperidine rings is 1. The Kier molecular flexibility index (Phi) is 6.18. The average Bonchev–Trinajstić information content (AvgIpc) is 3.13. The van der Waals surface area contributed by atoms with Crippen LogP contribution in [-0.4, -0.2) is 47.1 Å². The van der Waals surface area contributed by atoms with Gasteiger partial charge in [0.1, 0.15) is 0 Å². The lowest BCUT2D eigenvalue weighted by Gasteiger charge is -2.33. The molecule has 1 aromatic heterocycles. The van der Waals surface area contributed by atoms with Crippen molar-refractivity contribution in [2.45, 2.75) is 45.1 Å². The van der Waals surface area contributed by atoms with E-state index in [1.807, 2.05) is 31.4 Å². The Morgan fingerprint density at radius 2 is 2.17 bits per heavy atom.